The molecule has 5 N–H and O–H groups in total. The van der Waals surface area contributed by atoms with E-state index in [0.29, 0.717) is 37.9 Å². The zero-order valence-electron chi connectivity index (χ0n) is 35.8. The fourth-order valence-corrected chi connectivity index (χ4v) is 9.16. The van der Waals surface area contributed by atoms with Crippen molar-refractivity contribution in [2.45, 2.75) is 110 Å². The summed E-state index contributed by atoms with van der Waals surface area (Å²) in [6, 6.07) is 12.4. The lowest BCUT2D eigenvalue weighted by molar-refractivity contribution is -0.155. The number of amides is 3. The molecular weight excluding hydrogens is 763 g/mol. The topological polar surface area (TPSA) is 181 Å². The first kappa shape index (κ1) is 42.8. The zero-order chi connectivity index (χ0) is 43.0. The van der Waals surface area contributed by atoms with Gasteiger partial charge in [0.25, 0.3) is 5.91 Å². The Morgan fingerprint density at radius 3 is 2.58 bits per heavy atom. The fraction of sp³-hybridized carbons (Fsp3) is 0.500. The lowest BCUT2D eigenvalue weighted by Crippen LogP contribution is -2.62. The summed E-state index contributed by atoms with van der Waals surface area (Å²) in [5.41, 5.74) is 15.8. The number of cyclic esters (lactones) is 1. The van der Waals surface area contributed by atoms with Crippen LogP contribution in [-0.4, -0.2) is 99.2 Å². The van der Waals surface area contributed by atoms with Crippen molar-refractivity contribution in [3.63, 3.8) is 0 Å². The fourth-order valence-electron chi connectivity index (χ4n) is 9.16. The predicted octanol–water partition coefficient (Wildman–Crippen LogP) is 5.04. The van der Waals surface area contributed by atoms with Gasteiger partial charge in [0.2, 0.25) is 11.8 Å². The molecule has 3 amide bonds. The predicted molar refractivity (Wildman–Crippen MR) is 228 cm³/mol. The van der Waals surface area contributed by atoms with Gasteiger partial charge < -0.3 is 35.1 Å². The molecule has 0 radical (unpaired) electrons. The van der Waals surface area contributed by atoms with Crippen molar-refractivity contribution in [2.24, 2.45) is 17.1 Å². The van der Waals surface area contributed by atoms with Crippen LogP contribution in [0.1, 0.15) is 83.7 Å². The molecule has 2 aromatic heterocycles. The van der Waals surface area contributed by atoms with Gasteiger partial charge in [-0.2, -0.15) is 0 Å². The number of nitrogens with one attached hydrogen (secondary N) is 2. The maximum atomic E-state index is 14.5. The van der Waals surface area contributed by atoms with Crippen LogP contribution in [0, 0.1) is 11.3 Å². The summed E-state index contributed by atoms with van der Waals surface area (Å²) in [5.74, 6) is -1.87. The number of fused-ring (bicyclic) bond motifs is 6. The van der Waals surface area contributed by atoms with Crippen molar-refractivity contribution >= 4 is 34.6 Å². The summed E-state index contributed by atoms with van der Waals surface area (Å²) in [6.07, 6.45) is 3.22. The Bertz CT molecular complexity index is 2290. The van der Waals surface area contributed by atoms with E-state index in [1.807, 2.05) is 39.0 Å². The van der Waals surface area contributed by atoms with Gasteiger partial charge in [-0.15, -0.1) is 0 Å². The van der Waals surface area contributed by atoms with Crippen LogP contribution >= 0.6 is 0 Å². The number of rotatable bonds is 8. The number of hydrogen-bond acceptors (Lipinski definition) is 10. The molecule has 0 spiro atoms. The van der Waals surface area contributed by atoms with Crippen molar-refractivity contribution in [3.05, 3.63) is 71.5 Å². The van der Waals surface area contributed by atoms with Crippen LogP contribution in [-0.2, 0) is 48.0 Å². The second kappa shape index (κ2) is 17.3. The Kier molecular flexibility index (Phi) is 12.4. The Hall–Kier alpha value is -5.31. The third-order valence-corrected chi connectivity index (χ3v) is 12.1. The maximum Gasteiger partial charge on any atom is 0.324 e. The lowest BCUT2D eigenvalue weighted by atomic mass is 9.84. The van der Waals surface area contributed by atoms with Crippen molar-refractivity contribution < 1.29 is 33.8 Å². The minimum atomic E-state index is -1.11. The van der Waals surface area contributed by atoms with Crippen LogP contribution in [0.3, 0.4) is 0 Å². The normalized spacial score (nSPS) is 22.1. The van der Waals surface area contributed by atoms with Crippen molar-refractivity contribution in [1.82, 2.24) is 30.2 Å². The quantitative estimate of drug-likeness (QED) is 0.176. The minimum Gasteiger partial charge on any atom is -0.508 e. The summed E-state index contributed by atoms with van der Waals surface area (Å²) in [6.45, 7) is 13.3. The summed E-state index contributed by atoms with van der Waals surface area (Å²) < 4.78 is 14.2. The van der Waals surface area contributed by atoms with Crippen molar-refractivity contribution in [2.75, 3.05) is 26.8 Å². The first-order valence-electron chi connectivity index (χ1n) is 21.1. The molecule has 320 valence electrons. The smallest absolute Gasteiger partial charge is 0.324 e. The molecule has 14 nitrogen and oxygen atoms in total. The number of aryl methyl sites for hydroxylation is 1. The largest absolute Gasteiger partial charge is 0.508 e. The number of pyridine rings is 1. The highest BCUT2D eigenvalue weighted by Gasteiger charge is 2.41. The molecule has 4 aromatic rings. The number of hydrogen-bond donors (Lipinski definition) is 4. The van der Waals surface area contributed by atoms with Gasteiger partial charge in [0.1, 0.15) is 23.9 Å². The molecule has 1 unspecified atom stereocenters. The van der Waals surface area contributed by atoms with Gasteiger partial charge in [0.15, 0.2) is 0 Å². The Balaban J connectivity index is 1.37. The molecular formula is C46H59N7O7. The first-order valence-corrected chi connectivity index (χ1v) is 21.1. The summed E-state index contributed by atoms with van der Waals surface area (Å²) in [7, 11) is 1.67. The molecule has 60 heavy (non-hydrogen) atoms. The standard InChI is InChI=1S/C46H59N7O7/c1-8-51-38-14-13-29-21-34(38)35(42(51)33-11-9-15-48-40(33)27(4)59-7)23-46(5,6)25-60-45(58)36-12-10-16-53(50-36)44(57)37(19-28-17-30(29)20-32(54)18-28)49-43(56)41(26(2)3)52-24-31(47)22-39(52)55/h9,11,13-15,17-18,20-21,26-27,31,36-37,41,50,54H,8,10,12,16,19,22-25,47H2,1-7H3,(H,49,56)/t27-,31-,36-,37-,41?/m0/s1. The van der Waals surface area contributed by atoms with E-state index in [1.54, 1.807) is 25.4 Å². The van der Waals surface area contributed by atoms with E-state index in [0.717, 1.165) is 44.5 Å². The van der Waals surface area contributed by atoms with E-state index in [2.05, 4.69) is 54.3 Å². The first-order chi connectivity index (χ1) is 28.6. The number of ether oxygens (including phenoxy) is 2. The summed E-state index contributed by atoms with van der Waals surface area (Å²) in [4.78, 5) is 61.8. The molecule has 7 rings (SSSR count). The molecule has 3 aliphatic heterocycles. The van der Waals surface area contributed by atoms with Gasteiger partial charge in [-0.1, -0.05) is 39.8 Å². The molecule has 3 aliphatic rings. The maximum absolute atomic E-state index is 14.5. The lowest BCUT2D eigenvalue weighted by Gasteiger charge is -2.36. The number of carbonyl (C=O) groups is 4. The second-order valence-electron chi connectivity index (χ2n) is 17.7. The highest BCUT2D eigenvalue weighted by molar-refractivity contribution is 5.96. The number of aromatic hydroxyl groups is 1. The summed E-state index contributed by atoms with van der Waals surface area (Å²) in [5, 5.41) is 16.6. The minimum absolute atomic E-state index is 0.00636. The zero-order valence-corrected chi connectivity index (χ0v) is 35.8. The van der Waals surface area contributed by atoms with Gasteiger partial charge in [-0.25, -0.2) is 5.43 Å². The molecule has 14 heteroatoms. The van der Waals surface area contributed by atoms with E-state index < -0.39 is 41.3 Å². The van der Waals surface area contributed by atoms with E-state index in [4.69, 9.17) is 20.2 Å². The van der Waals surface area contributed by atoms with Crippen molar-refractivity contribution in [1.29, 1.82) is 0 Å². The van der Waals surface area contributed by atoms with E-state index >= 15 is 0 Å². The highest BCUT2D eigenvalue weighted by Crippen LogP contribution is 2.42. The number of methoxy groups -OCH3 is 1. The molecule has 0 saturated carbocycles. The molecule has 2 saturated heterocycles. The van der Waals surface area contributed by atoms with E-state index in [1.165, 1.54) is 9.91 Å². The average Bonchev–Trinajstić information content (AvgIpc) is 3.71. The third kappa shape index (κ3) is 8.63. The van der Waals surface area contributed by atoms with Gasteiger partial charge in [0, 0.05) is 73.7 Å². The number of phenolic OH excluding ortho intramolecular Hbond substituents is 1. The molecule has 5 heterocycles. The number of hydrazine groups is 1. The van der Waals surface area contributed by atoms with Crippen LogP contribution in [0.15, 0.2) is 54.7 Å². The van der Waals surface area contributed by atoms with Gasteiger partial charge in [-0.05, 0) is 97.7 Å². The Morgan fingerprint density at radius 1 is 1.10 bits per heavy atom. The van der Waals surface area contributed by atoms with Crippen LogP contribution in [0.25, 0.3) is 33.3 Å². The number of nitrogens with zero attached hydrogens (tertiary/aromatic N) is 4. The Morgan fingerprint density at radius 2 is 1.88 bits per heavy atom. The second-order valence-corrected chi connectivity index (χ2v) is 17.7. The monoisotopic (exact) mass is 821 g/mol. The number of likely N-dealkylation sites (tertiary alicyclic amines) is 1. The van der Waals surface area contributed by atoms with Crippen LogP contribution in [0.4, 0.5) is 0 Å². The third-order valence-electron chi connectivity index (χ3n) is 12.1. The number of benzene rings is 2. The van der Waals surface area contributed by atoms with Gasteiger partial charge >= 0.3 is 5.97 Å². The number of carbonyl (C=O) groups excluding carboxylic acids is 4. The number of phenols is 1. The number of nitrogens with two attached hydrogens (primary N) is 1. The van der Waals surface area contributed by atoms with Gasteiger partial charge in [-0.3, -0.25) is 29.2 Å². The Labute approximate surface area is 351 Å². The highest BCUT2D eigenvalue weighted by atomic mass is 16.5. The van der Waals surface area contributed by atoms with Crippen LogP contribution < -0.4 is 16.5 Å². The van der Waals surface area contributed by atoms with E-state index in [-0.39, 0.29) is 55.7 Å². The van der Waals surface area contributed by atoms with Gasteiger partial charge in [0.05, 0.1) is 24.1 Å². The molecule has 2 fully saturated rings. The van der Waals surface area contributed by atoms with Crippen LogP contribution in [0.5, 0.6) is 5.75 Å². The van der Waals surface area contributed by atoms with Crippen molar-refractivity contribution in [3.8, 4) is 28.1 Å². The summed E-state index contributed by atoms with van der Waals surface area (Å²) >= 11 is 0. The average molecular weight is 822 g/mol. The SMILES string of the molecule is CCn1c(-c2cccnc2[C@H](C)OC)c2c3cc(ccc31)-c1cc(O)cc(c1)C[C@H](NC(=O)C(C(C)C)N1C[C@@H](N)CC1=O)C(=O)N1CCC[C@H](N1)C(=O)OCC(C)(C)C2. The van der Waals surface area contributed by atoms with Crippen LogP contribution in [0.2, 0.25) is 0 Å². The molecule has 2 aromatic carbocycles. The number of aromatic nitrogens is 2. The molecule has 0 aliphatic carbocycles. The number of esters is 1. The molecule has 6 bridgehead atoms. The van der Waals surface area contributed by atoms with E-state index in [9.17, 15) is 24.3 Å². The molecule has 5 atom stereocenters.